The summed E-state index contributed by atoms with van der Waals surface area (Å²) in [5.74, 6) is 2.20. The van der Waals surface area contributed by atoms with E-state index in [0.29, 0.717) is 24.6 Å². The monoisotopic (exact) mass is 353 g/mol. The highest BCUT2D eigenvalue weighted by Gasteiger charge is 2.30. The van der Waals surface area contributed by atoms with Crippen LogP contribution in [0.4, 0.5) is 0 Å². The molecule has 0 radical (unpaired) electrons. The Morgan fingerprint density at radius 3 is 2.54 bits per heavy atom. The van der Waals surface area contributed by atoms with Crippen molar-refractivity contribution in [2.75, 3.05) is 13.1 Å². The lowest BCUT2D eigenvalue weighted by Gasteiger charge is -2.34. The maximum atomic E-state index is 12.6. The van der Waals surface area contributed by atoms with Crippen LogP contribution in [0.5, 0.6) is 0 Å². The number of hydrogen-bond acceptors (Lipinski definition) is 3. The van der Waals surface area contributed by atoms with Crippen molar-refractivity contribution in [3.8, 4) is 0 Å². The second kappa shape index (κ2) is 7.62. The van der Waals surface area contributed by atoms with Crippen LogP contribution in [-0.4, -0.2) is 38.6 Å². The lowest BCUT2D eigenvalue weighted by Crippen LogP contribution is -2.41. The van der Waals surface area contributed by atoms with E-state index in [0.717, 1.165) is 25.3 Å². The van der Waals surface area contributed by atoms with Gasteiger partial charge in [0.05, 0.1) is 0 Å². The summed E-state index contributed by atoms with van der Waals surface area (Å²) in [6.07, 6.45) is 8.80. The number of benzene rings is 1. The predicted octanol–water partition coefficient (Wildman–Crippen LogP) is 3.12. The van der Waals surface area contributed by atoms with Crippen LogP contribution in [0.3, 0.4) is 0 Å². The Labute approximate surface area is 154 Å². The minimum Gasteiger partial charge on any atom is -0.378 e. The lowest BCUT2D eigenvalue weighted by molar-refractivity contribution is -0.141. The number of nitrogens with zero attached hydrogens (tertiary/aromatic N) is 3. The Kier molecular flexibility index (Phi) is 5.07. The zero-order chi connectivity index (χ0) is 17.9. The van der Waals surface area contributed by atoms with Crippen molar-refractivity contribution in [1.82, 2.24) is 14.5 Å². The van der Waals surface area contributed by atoms with Crippen LogP contribution in [0.2, 0.25) is 0 Å². The topological polar surface area (TPSA) is 58.4 Å². The molecule has 1 aliphatic carbocycles. The number of hydrogen-bond donors (Lipinski definition) is 1. The third-order valence-electron chi connectivity index (χ3n) is 5.95. The highest BCUT2D eigenvalue weighted by molar-refractivity contribution is 5.82. The van der Waals surface area contributed by atoms with Gasteiger partial charge in [0, 0.05) is 37.9 Å². The molecular weight excluding hydrogens is 326 g/mol. The van der Waals surface area contributed by atoms with Gasteiger partial charge in [-0.15, -0.1) is 0 Å². The number of aliphatic hydroxyl groups excluding tert-OH is 1. The SMILES string of the molecule is O=C([C@@H](O)c1ccccc1)N1CCC(c2nccn2CC2CCC2)CC1. The van der Waals surface area contributed by atoms with Gasteiger partial charge in [-0.05, 0) is 37.2 Å². The zero-order valence-electron chi connectivity index (χ0n) is 15.1. The third kappa shape index (κ3) is 3.54. The first-order valence-electron chi connectivity index (χ1n) is 9.75. The number of piperidine rings is 1. The summed E-state index contributed by atoms with van der Waals surface area (Å²) in [6, 6.07) is 9.18. The Morgan fingerprint density at radius 2 is 1.88 bits per heavy atom. The molecule has 0 spiro atoms. The molecule has 0 bridgehead atoms. The smallest absolute Gasteiger partial charge is 0.256 e. The molecule has 138 valence electrons. The molecule has 1 aromatic heterocycles. The largest absolute Gasteiger partial charge is 0.378 e. The van der Waals surface area contributed by atoms with Crippen molar-refractivity contribution >= 4 is 5.91 Å². The Morgan fingerprint density at radius 1 is 1.15 bits per heavy atom. The van der Waals surface area contributed by atoms with E-state index in [4.69, 9.17) is 0 Å². The van der Waals surface area contributed by atoms with Crippen LogP contribution in [0.25, 0.3) is 0 Å². The number of aliphatic hydroxyl groups is 1. The van der Waals surface area contributed by atoms with Crippen molar-refractivity contribution in [3.05, 3.63) is 54.1 Å². The first kappa shape index (κ1) is 17.3. The van der Waals surface area contributed by atoms with Gasteiger partial charge < -0.3 is 14.6 Å². The normalized spacial score (nSPS) is 20.0. The number of carbonyl (C=O) groups excluding carboxylic acids is 1. The molecule has 1 amide bonds. The molecule has 2 aromatic rings. The van der Waals surface area contributed by atoms with E-state index in [1.807, 2.05) is 24.4 Å². The second-order valence-electron chi connectivity index (χ2n) is 7.65. The van der Waals surface area contributed by atoms with E-state index in [9.17, 15) is 9.90 Å². The van der Waals surface area contributed by atoms with Crippen molar-refractivity contribution < 1.29 is 9.90 Å². The fourth-order valence-electron chi connectivity index (χ4n) is 4.10. The van der Waals surface area contributed by atoms with Crippen molar-refractivity contribution in [3.63, 3.8) is 0 Å². The molecule has 5 heteroatoms. The van der Waals surface area contributed by atoms with E-state index in [1.54, 1.807) is 17.0 Å². The highest BCUT2D eigenvalue weighted by Crippen LogP contribution is 2.32. The van der Waals surface area contributed by atoms with Crippen molar-refractivity contribution in [1.29, 1.82) is 0 Å². The van der Waals surface area contributed by atoms with Crippen LogP contribution in [-0.2, 0) is 11.3 Å². The summed E-state index contributed by atoms with van der Waals surface area (Å²) in [5.41, 5.74) is 0.663. The molecular formula is C21H27N3O2. The van der Waals surface area contributed by atoms with E-state index in [-0.39, 0.29) is 5.91 Å². The van der Waals surface area contributed by atoms with Gasteiger partial charge in [-0.3, -0.25) is 4.79 Å². The van der Waals surface area contributed by atoms with E-state index in [1.165, 1.54) is 25.1 Å². The Bertz CT molecular complexity index is 731. The minimum absolute atomic E-state index is 0.188. The average Bonchev–Trinajstić information content (AvgIpc) is 3.13. The molecule has 2 heterocycles. The predicted molar refractivity (Wildman–Crippen MR) is 99.5 cm³/mol. The lowest BCUT2D eigenvalue weighted by atomic mass is 9.85. The van der Waals surface area contributed by atoms with Gasteiger partial charge in [0.2, 0.25) is 0 Å². The first-order chi connectivity index (χ1) is 12.7. The van der Waals surface area contributed by atoms with E-state index in [2.05, 4.69) is 15.7 Å². The third-order valence-corrected chi connectivity index (χ3v) is 5.95. The van der Waals surface area contributed by atoms with Crippen LogP contribution < -0.4 is 0 Å². The van der Waals surface area contributed by atoms with Gasteiger partial charge in [0.1, 0.15) is 5.82 Å². The maximum Gasteiger partial charge on any atom is 0.256 e. The molecule has 26 heavy (non-hydrogen) atoms. The van der Waals surface area contributed by atoms with Crippen LogP contribution in [0.1, 0.15) is 55.5 Å². The van der Waals surface area contributed by atoms with Crippen LogP contribution in [0, 0.1) is 5.92 Å². The number of rotatable bonds is 5. The molecule has 0 unspecified atom stereocenters. The van der Waals surface area contributed by atoms with Gasteiger partial charge in [0.25, 0.3) is 5.91 Å². The van der Waals surface area contributed by atoms with Crippen molar-refractivity contribution in [2.45, 2.75) is 50.7 Å². The Hall–Kier alpha value is -2.14. The molecule has 2 aliphatic rings. The number of amides is 1. The van der Waals surface area contributed by atoms with Gasteiger partial charge in [-0.2, -0.15) is 0 Å². The van der Waals surface area contributed by atoms with Gasteiger partial charge in [0.15, 0.2) is 6.10 Å². The first-order valence-corrected chi connectivity index (χ1v) is 9.75. The minimum atomic E-state index is -1.06. The molecule has 5 nitrogen and oxygen atoms in total. The molecule has 1 saturated heterocycles. The van der Waals surface area contributed by atoms with E-state index < -0.39 is 6.10 Å². The van der Waals surface area contributed by atoms with Crippen molar-refractivity contribution in [2.24, 2.45) is 5.92 Å². The standard InChI is InChI=1S/C21H27N3O2/c25-19(17-7-2-1-3-8-17)21(26)23-12-9-18(10-13-23)20-22-11-14-24(20)15-16-5-4-6-16/h1-3,7-8,11,14,16,18-19,25H,4-6,9-10,12-13,15H2/t19-/m0/s1. The van der Waals surface area contributed by atoms with E-state index >= 15 is 0 Å². The maximum absolute atomic E-state index is 12.6. The molecule has 1 saturated carbocycles. The molecule has 2 fully saturated rings. The fraction of sp³-hybridized carbons (Fsp3) is 0.524. The van der Waals surface area contributed by atoms with Gasteiger partial charge in [-0.1, -0.05) is 36.8 Å². The molecule has 4 rings (SSSR count). The number of likely N-dealkylation sites (tertiary alicyclic amines) is 1. The average molecular weight is 353 g/mol. The summed E-state index contributed by atoms with van der Waals surface area (Å²) >= 11 is 0. The molecule has 1 aliphatic heterocycles. The zero-order valence-corrected chi connectivity index (χ0v) is 15.1. The van der Waals surface area contributed by atoms with Gasteiger partial charge in [-0.25, -0.2) is 4.98 Å². The van der Waals surface area contributed by atoms with Gasteiger partial charge >= 0.3 is 0 Å². The summed E-state index contributed by atoms with van der Waals surface area (Å²) in [6.45, 7) is 2.45. The number of imidazole rings is 1. The van der Waals surface area contributed by atoms with Crippen LogP contribution in [0.15, 0.2) is 42.7 Å². The van der Waals surface area contributed by atoms with Crippen LogP contribution >= 0.6 is 0 Å². The molecule has 1 N–H and O–H groups in total. The summed E-state index contributed by atoms with van der Waals surface area (Å²) in [5, 5.41) is 10.4. The molecule has 1 aromatic carbocycles. The Balaban J connectivity index is 1.35. The highest BCUT2D eigenvalue weighted by atomic mass is 16.3. The summed E-state index contributed by atoms with van der Waals surface area (Å²) in [7, 11) is 0. The fourth-order valence-corrected chi connectivity index (χ4v) is 4.10. The summed E-state index contributed by atoms with van der Waals surface area (Å²) < 4.78 is 2.32. The quantitative estimate of drug-likeness (QED) is 0.898. The number of aromatic nitrogens is 2. The number of carbonyl (C=O) groups is 1. The summed E-state index contributed by atoms with van der Waals surface area (Å²) in [4.78, 5) is 19.0. The molecule has 1 atom stereocenters. The second-order valence-corrected chi connectivity index (χ2v) is 7.65.